The highest BCUT2D eigenvalue weighted by molar-refractivity contribution is 7.90. The summed E-state index contributed by atoms with van der Waals surface area (Å²) in [5.74, 6) is -0.340. The van der Waals surface area contributed by atoms with E-state index in [2.05, 4.69) is 4.98 Å². The Hall–Kier alpha value is -1.80. The molecule has 1 fully saturated rings. The zero-order valence-corrected chi connectivity index (χ0v) is 14.9. The number of hydrogen-bond donors (Lipinski definition) is 0. The summed E-state index contributed by atoms with van der Waals surface area (Å²) in [5.41, 5.74) is 0.297. The van der Waals surface area contributed by atoms with Crippen LogP contribution in [-0.2, 0) is 9.84 Å². The average Bonchev–Trinajstić information content (AvgIpc) is 3.13. The van der Waals surface area contributed by atoms with E-state index in [1.807, 2.05) is 11.8 Å². The van der Waals surface area contributed by atoms with Crippen molar-refractivity contribution in [3.05, 3.63) is 40.9 Å². The van der Waals surface area contributed by atoms with Gasteiger partial charge in [-0.25, -0.2) is 17.8 Å². The molecule has 0 radical (unpaired) electrons. The molecule has 1 aromatic heterocycles. The molecule has 2 heterocycles. The molecule has 0 bridgehead atoms. The molecule has 2 atom stereocenters. The number of hydrogen-bond acceptors (Lipinski definition) is 6. The first-order valence-electron chi connectivity index (χ1n) is 7.45. The third-order valence-corrected chi connectivity index (χ3v) is 6.20. The molecular formula is C16H17FN2O3S2. The van der Waals surface area contributed by atoms with Gasteiger partial charge in [-0.15, -0.1) is 0 Å². The van der Waals surface area contributed by atoms with Crippen molar-refractivity contribution in [2.45, 2.75) is 18.0 Å². The molecular weight excluding hydrogens is 351 g/mol. The van der Waals surface area contributed by atoms with E-state index in [1.165, 1.54) is 29.7 Å². The van der Waals surface area contributed by atoms with Crippen molar-refractivity contribution in [2.75, 3.05) is 24.2 Å². The van der Waals surface area contributed by atoms with Crippen LogP contribution in [0.3, 0.4) is 0 Å². The van der Waals surface area contributed by atoms with Crippen molar-refractivity contribution < 1.29 is 17.6 Å². The van der Waals surface area contributed by atoms with Gasteiger partial charge in [0.1, 0.15) is 6.17 Å². The second-order valence-corrected chi connectivity index (χ2v) is 9.06. The van der Waals surface area contributed by atoms with Crippen molar-refractivity contribution in [1.82, 2.24) is 4.98 Å². The van der Waals surface area contributed by atoms with E-state index in [1.54, 1.807) is 12.1 Å². The number of sulfone groups is 1. The summed E-state index contributed by atoms with van der Waals surface area (Å²) in [6.07, 6.45) is 1.68. The van der Waals surface area contributed by atoms with Gasteiger partial charge in [0.05, 0.1) is 22.5 Å². The Kier molecular flexibility index (Phi) is 4.44. The molecule has 5 nitrogen and oxygen atoms in total. The van der Waals surface area contributed by atoms with E-state index < -0.39 is 16.0 Å². The molecule has 0 spiro atoms. The van der Waals surface area contributed by atoms with Crippen LogP contribution in [0.1, 0.15) is 22.2 Å². The number of ketones is 1. The van der Waals surface area contributed by atoms with Gasteiger partial charge in [0.15, 0.2) is 15.0 Å². The second-order valence-electron chi connectivity index (χ2n) is 6.03. The number of thiazole rings is 1. The van der Waals surface area contributed by atoms with Gasteiger partial charge in [0.2, 0.25) is 5.78 Å². The topological polar surface area (TPSA) is 67.3 Å². The van der Waals surface area contributed by atoms with Gasteiger partial charge >= 0.3 is 0 Å². The van der Waals surface area contributed by atoms with Crippen LogP contribution in [0.2, 0.25) is 0 Å². The molecule has 0 N–H and O–H groups in total. The lowest BCUT2D eigenvalue weighted by atomic mass is 10.1. The van der Waals surface area contributed by atoms with Crippen molar-refractivity contribution in [3.63, 3.8) is 0 Å². The first-order chi connectivity index (χ1) is 11.3. The Bertz CT molecular complexity index is 869. The molecule has 1 aromatic carbocycles. The highest BCUT2D eigenvalue weighted by atomic mass is 32.2. The summed E-state index contributed by atoms with van der Waals surface area (Å²) in [7, 11) is -3.38. The fraction of sp³-hybridized carbons (Fsp3) is 0.375. The van der Waals surface area contributed by atoms with Gasteiger partial charge in [-0.1, -0.05) is 30.4 Å². The lowest BCUT2D eigenvalue weighted by Gasteiger charge is -2.12. The zero-order chi connectivity index (χ0) is 17.5. The van der Waals surface area contributed by atoms with Crippen LogP contribution < -0.4 is 4.90 Å². The van der Waals surface area contributed by atoms with Gasteiger partial charge in [0, 0.05) is 24.3 Å². The number of carbonyl (C=O) groups excluding carboxylic acids is 1. The Morgan fingerprint density at radius 3 is 2.75 bits per heavy atom. The molecule has 1 aliphatic rings. The minimum absolute atomic E-state index is 0.0560. The molecule has 3 rings (SSSR count). The van der Waals surface area contributed by atoms with Crippen molar-refractivity contribution >= 4 is 32.1 Å². The van der Waals surface area contributed by atoms with Crippen LogP contribution in [0, 0.1) is 5.92 Å². The molecule has 0 saturated carbocycles. The highest BCUT2D eigenvalue weighted by Crippen LogP contribution is 2.30. The number of carbonyl (C=O) groups is 1. The molecule has 24 heavy (non-hydrogen) atoms. The summed E-state index contributed by atoms with van der Waals surface area (Å²) < 4.78 is 36.9. The highest BCUT2D eigenvalue weighted by Gasteiger charge is 2.31. The molecule has 1 saturated heterocycles. The van der Waals surface area contributed by atoms with Crippen LogP contribution in [0.25, 0.3) is 0 Å². The van der Waals surface area contributed by atoms with Gasteiger partial charge in [-0.05, 0) is 12.1 Å². The van der Waals surface area contributed by atoms with E-state index in [0.29, 0.717) is 22.1 Å². The van der Waals surface area contributed by atoms with Gasteiger partial charge in [-0.2, -0.15) is 0 Å². The summed E-state index contributed by atoms with van der Waals surface area (Å²) in [6.45, 7) is 2.71. The normalized spacial score (nSPS) is 21.2. The summed E-state index contributed by atoms with van der Waals surface area (Å²) >= 11 is 1.20. The minimum Gasteiger partial charge on any atom is -0.345 e. The quantitative estimate of drug-likeness (QED) is 0.776. The third kappa shape index (κ3) is 3.34. The Morgan fingerprint density at radius 2 is 2.12 bits per heavy atom. The standard InChI is InChI=1S/C16H17FN2O3S2/c1-10-8-19(9-13(10)17)16-18-7-14(23-16)15(20)11-4-3-5-12(6-11)24(2,21)22/h3-7,10,13H,8-9H2,1-2H3. The number of halogens is 1. The van der Waals surface area contributed by atoms with Crippen molar-refractivity contribution in [3.8, 4) is 0 Å². The molecule has 128 valence electrons. The monoisotopic (exact) mass is 368 g/mol. The fourth-order valence-electron chi connectivity index (χ4n) is 2.61. The van der Waals surface area contributed by atoms with Crippen molar-refractivity contribution in [2.24, 2.45) is 5.92 Å². The van der Waals surface area contributed by atoms with E-state index in [4.69, 9.17) is 0 Å². The third-order valence-electron chi connectivity index (χ3n) is 4.03. The van der Waals surface area contributed by atoms with Gasteiger partial charge < -0.3 is 4.90 Å². The maximum atomic E-state index is 13.7. The number of anilines is 1. The van der Waals surface area contributed by atoms with E-state index in [9.17, 15) is 17.6 Å². The zero-order valence-electron chi connectivity index (χ0n) is 13.3. The predicted molar refractivity (Wildman–Crippen MR) is 91.4 cm³/mol. The first-order valence-corrected chi connectivity index (χ1v) is 10.2. The number of alkyl halides is 1. The number of nitrogens with zero attached hydrogens (tertiary/aromatic N) is 2. The second kappa shape index (κ2) is 6.25. The van der Waals surface area contributed by atoms with E-state index >= 15 is 0 Å². The van der Waals surface area contributed by atoms with Crippen LogP contribution in [0.4, 0.5) is 9.52 Å². The summed E-state index contributed by atoms with van der Waals surface area (Å²) in [4.78, 5) is 19.1. The average molecular weight is 368 g/mol. The molecule has 8 heteroatoms. The molecule has 0 aliphatic carbocycles. The Morgan fingerprint density at radius 1 is 1.38 bits per heavy atom. The number of benzene rings is 1. The lowest BCUT2D eigenvalue weighted by molar-refractivity contribution is 0.104. The van der Waals surface area contributed by atoms with E-state index in [-0.39, 0.29) is 23.1 Å². The first kappa shape index (κ1) is 17.0. The van der Waals surface area contributed by atoms with Crippen molar-refractivity contribution in [1.29, 1.82) is 0 Å². The van der Waals surface area contributed by atoms with Crippen LogP contribution in [-0.4, -0.2) is 44.7 Å². The van der Waals surface area contributed by atoms with Gasteiger partial charge in [0.25, 0.3) is 0 Å². The molecule has 2 unspecified atom stereocenters. The van der Waals surface area contributed by atoms with Crippen LogP contribution in [0.15, 0.2) is 35.4 Å². The molecule has 0 amide bonds. The smallest absolute Gasteiger partial charge is 0.204 e. The maximum absolute atomic E-state index is 13.7. The lowest BCUT2D eigenvalue weighted by Crippen LogP contribution is -2.19. The molecule has 2 aromatic rings. The number of aromatic nitrogens is 1. The Balaban J connectivity index is 1.84. The maximum Gasteiger partial charge on any atom is 0.204 e. The summed E-state index contributed by atoms with van der Waals surface area (Å²) in [5, 5.41) is 0.615. The number of rotatable bonds is 4. The summed E-state index contributed by atoms with van der Waals surface area (Å²) in [6, 6.07) is 5.94. The van der Waals surface area contributed by atoms with E-state index in [0.717, 1.165) is 6.26 Å². The molecule has 1 aliphatic heterocycles. The SMILES string of the molecule is CC1CN(c2ncc(C(=O)c3cccc(S(C)(=O)=O)c3)s2)CC1F. The minimum atomic E-state index is -3.38. The Labute approximate surface area is 144 Å². The van der Waals surface area contributed by atoms with Gasteiger partial charge in [-0.3, -0.25) is 4.79 Å². The fourth-order valence-corrected chi connectivity index (χ4v) is 4.17. The van der Waals surface area contributed by atoms with Crippen LogP contribution >= 0.6 is 11.3 Å². The largest absolute Gasteiger partial charge is 0.345 e. The van der Waals surface area contributed by atoms with Crippen LogP contribution in [0.5, 0.6) is 0 Å². The predicted octanol–water partition coefficient (Wildman–Crippen LogP) is 2.57.